The average molecular weight is 259 g/mol. The molecule has 0 atom stereocenters. The van der Waals surface area contributed by atoms with Crippen LogP contribution < -0.4 is 15.8 Å². The summed E-state index contributed by atoms with van der Waals surface area (Å²) in [4.78, 5) is 12.0. The first-order chi connectivity index (χ1) is 9.24. The highest BCUT2D eigenvalue weighted by Crippen LogP contribution is 2.22. The predicted octanol–water partition coefficient (Wildman–Crippen LogP) is 1.59. The van der Waals surface area contributed by atoms with E-state index >= 15 is 0 Å². The van der Waals surface area contributed by atoms with E-state index in [1.165, 1.54) is 0 Å². The quantitative estimate of drug-likeness (QED) is 0.856. The molecule has 0 radical (unpaired) electrons. The van der Waals surface area contributed by atoms with Gasteiger partial charge in [-0.3, -0.25) is 4.79 Å². The highest BCUT2D eigenvalue weighted by molar-refractivity contribution is 5.92. The molecule has 0 fully saturated rings. The molecular weight excluding hydrogens is 242 g/mol. The second kappa shape index (κ2) is 6.06. The van der Waals surface area contributed by atoms with Crippen LogP contribution in [-0.4, -0.2) is 17.6 Å². The van der Waals surface area contributed by atoms with Crippen LogP contribution in [0.5, 0.6) is 5.75 Å². The molecule has 1 aromatic carbocycles. The van der Waals surface area contributed by atoms with Gasteiger partial charge < -0.3 is 20.4 Å². The Morgan fingerprint density at radius 3 is 2.84 bits per heavy atom. The van der Waals surface area contributed by atoms with Gasteiger partial charge >= 0.3 is 0 Å². The van der Waals surface area contributed by atoms with Gasteiger partial charge in [0, 0.05) is 18.4 Å². The number of carbonyl (C=O) groups excluding carboxylic acids is 1. The largest absolute Gasteiger partial charge is 0.495 e. The summed E-state index contributed by atoms with van der Waals surface area (Å²) in [5.41, 5.74) is 7.19. The number of nitrogens with zero attached hydrogens (tertiary/aromatic N) is 1. The Labute approximate surface area is 112 Å². The van der Waals surface area contributed by atoms with Crippen molar-refractivity contribution in [2.24, 2.45) is 5.73 Å². The number of nitrogens with one attached hydrogen (secondary N) is 1. The van der Waals surface area contributed by atoms with Crippen molar-refractivity contribution < 1.29 is 9.53 Å². The average Bonchev–Trinajstić information content (AvgIpc) is 2.86. The summed E-state index contributed by atoms with van der Waals surface area (Å²) >= 11 is 0. The van der Waals surface area contributed by atoms with Gasteiger partial charge in [-0.1, -0.05) is 12.1 Å². The van der Waals surface area contributed by atoms with Crippen molar-refractivity contribution in [3.63, 3.8) is 0 Å². The molecule has 3 N–H and O–H groups in total. The van der Waals surface area contributed by atoms with E-state index < -0.39 is 0 Å². The van der Waals surface area contributed by atoms with Crippen molar-refractivity contribution in [2.45, 2.75) is 13.1 Å². The van der Waals surface area contributed by atoms with Crippen molar-refractivity contribution in [2.75, 3.05) is 12.4 Å². The molecule has 2 rings (SSSR count). The molecule has 0 aliphatic heterocycles. The molecule has 1 aromatic heterocycles. The molecule has 2 aromatic rings. The van der Waals surface area contributed by atoms with Crippen molar-refractivity contribution in [1.82, 2.24) is 4.57 Å². The molecule has 1 heterocycles. The second-order valence-electron chi connectivity index (χ2n) is 4.08. The zero-order valence-electron chi connectivity index (χ0n) is 10.8. The number of amides is 1. The molecule has 1 amide bonds. The maximum absolute atomic E-state index is 12.0. The Morgan fingerprint density at radius 1 is 1.32 bits per heavy atom. The van der Waals surface area contributed by atoms with Crippen molar-refractivity contribution in [3.8, 4) is 5.75 Å². The Balaban J connectivity index is 2.05. The number of hydrogen-bond acceptors (Lipinski definition) is 3. The fourth-order valence-electron chi connectivity index (χ4n) is 1.88. The molecule has 5 heteroatoms. The first kappa shape index (κ1) is 13.2. The van der Waals surface area contributed by atoms with Crippen LogP contribution in [0.2, 0.25) is 0 Å². The number of ether oxygens (including phenoxy) is 1. The maximum Gasteiger partial charge on any atom is 0.244 e. The molecule has 0 saturated carbocycles. The van der Waals surface area contributed by atoms with Gasteiger partial charge in [-0.2, -0.15) is 0 Å². The molecule has 5 nitrogen and oxygen atoms in total. The van der Waals surface area contributed by atoms with E-state index in [9.17, 15) is 4.79 Å². The normalized spacial score (nSPS) is 10.2. The van der Waals surface area contributed by atoms with Crippen LogP contribution in [0.25, 0.3) is 0 Å². The fourth-order valence-corrected chi connectivity index (χ4v) is 1.88. The van der Waals surface area contributed by atoms with E-state index in [2.05, 4.69) is 5.32 Å². The minimum atomic E-state index is -0.115. The number of benzene rings is 1. The smallest absolute Gasteiger partial charge is 0.244 e. The van der Waals surface area contributed by atoms with Crippen molar-refractivity contribution in [1.29, 1.82) is 0 Å². The Bertz CT molecular complexity index is 563. The standard InChI is InChI=1S/C14H17N3O2/c1-19-13-7-3-2-6-12(13)16-14(18)10-17-8-4-5-11(17)9-15/h2-8H,9-10,15H2,1H3,(H,16,18). The van der Waals surface area contributed by atoms with Crippen LogP contribution in [0, 0.1) is 0 Å². The number of hydrogen-bond donors (Lipinski definition) is 2. The van der Waals surface area contributed by atoms with Crippen molar-refractivity contribution >= 4 is 11.6 Å². The van der Waals surface area contributed by atoms with E-state index in [0.29, 0.717) is 18.0 Å². The third kappa shape index (κ3) is 3.14. The number of para-hydroxylation sites is 2. The predicted molar refractivity (Wildman–Crippen MR) is 73.9 cm³/mol. The first-order valence-corrected chi connectivity index (χ1v) is 6.01. The molecule has 0 spiro atoms. The summed E-state index contributed by atoms with van der Waals surface area (Å²) in [6.07, 6.45) is 1.84. The van der Waals surface area contributed by atoms with Crippen LogP contribution in [-0.2, 0) is 17.9 Å². The van der Waals surface area contributed by atoms with Gasteiger partial charge in [-0.15, -0.1) is 0 Å². The van der Waals surface area contributed by atoms with E-state index in [1.54, 1.807) is 19.2 Å². The molecule has 19 heavy (non-hydrogen) atoms. The summed E-state index contributed by atoms with van der Waals surface area (Å²) in [5.74, 6) is 0.526. The third-order valence-electron chi connectivity index (χ3n) is 2.83. The monoisotopic (exact) mass is 259 g/mol. The Hall–Kier alpha value is -2.27. The zero-order chi connectivity index (χ0) is 13.7. The lowest BCUT2D eigenvalue weighted by molar-refractivity contribution is -0.116. The van der Waals surface area contributed by atoms with Crippen molar-refractivity contribution in [3.05, 3.63) is 48.3 Å². The minimum Gasteiger partial charge on any atom is -0.495 e. The van der Waals surface area contributed by atoms with Crippen LogP contribution >= 0.6 is 0 Å². The van der Waals surface area contributed by atoms with Gasteiger partial charge in [0.2, 0.25) is 5.91 Å². The molecule has 0 saturated heterocycles. The molecule has 0 bridgehead atoms. The number of carbonyl (C=O) groups is 1. The van der Waals surface area contributed by atoms with E-state index in [-0.39, 0.29) is 12.5 Å². The lowest BCUT2D eigenvalue weighted by atomic mass is 10.3. The van der Waals surface area contributed by atoms with E-state index in [4.69, 9.17) is 10.5 Å². The van der Waals surface area contributed by atoms with Crippen LogP contribution in [0.15, 0.2) is 42.6 Å². The first-order valence-electron chi connectivity index (χ1n) is 6.01. The number of methoxy groups -OCH3 is 1. The molecule has 0 unspecified atom stereocenters. The zero-order valence-corrected chi connectivity index (χ0v) is 10.8. The van der Waals surface area contributed by atoms with Crippen LogP contribution in [0.4, 0.5) is 5.69 Å². The SMILES string of the molecule is COc1ccccc1NC(=O)Cn1cccc1CN. The maximum atomic E-state index is 12.0. The van der Waals surface area contributed by atoms with E-state index in [0.717, 1.165) is 5.69 Å². The lowest BCUT2D eigenvalue weighted by Crippen LogP contribution is -2.20. The van der Waals surface area contributed by atoms with E-state index in [1.807, 2.05) is 35.0 Å². The van der Waals surface area contributed by atoms with Gasteiger partial charge in [0.25, 0.3) is 0 Å². The summed E-state index contributed by atoms with van der Waals surface area (Å²) in [5, 5.41) is 2.83. The van der Waals surface area contributed by atoms with Crippen LogP contribution in [0.3, 0.4) is 0 Å². The number of aromatic nitrogens is 1. The summed E-state index contributed by atoms with van der Waals surface area (Å²) in [6, 6.07) is 11.1. The molecule has 100 valence electrons. The van der Waals surface area contributed by atoms with Gasteiger partial charge in [0.15, 0.2) is 0 Å². The third-order valence-corrected chi connectivity index (χ3v) is 2.83. The van der Waals surface area contributed by atoms with Gasteiger partial charge in [0.1, 0.15) is 12.3 Å². The highest BCUT2D eigenvalue weighted by Gasteiger charge is 2.08. The molecular formula is C14H17N3O2. The lowest BCUT2D eigenvalue weighted by Gasteiger charge is -2.11. The summed E-state index contributed by atoms with van der Waals surface area (Å²) in [7, 11) is 1.57. The van der Waals surface area contributed by atoms with Gasteiger partial charge in [-0.05, 0) is 24.3 Å². The number of nitrogens with two attached hydrogens (primary N) is 1. The fraction of sp³-hybridized carbons (Fsp3) is 0.214. The van der Waals surface area contributed by atoms with Gasteiger partial charge in [-0.25, -0.2) is 0 Å². The second-order valence-corrected chi connectivity index (χ2v) is 4.08. The number of rotatable bonds is 5. The topological polar surface area (TPSA) is 69.3 Å². The minimum absolute atomic E-state index is 0.115. The molecule has 0 aliphatic carbocycles. The van der Waals surface area contributed by atoms with Crippen LogP contribution in [0.1, 0.15) is 5.69 Å². The summed E-state index contributed by atoms with van der Waals surface area (Å²) in [6.45, 7) is 0.645. The summed E-state index contributed by atoms with van der Waals surface area (Å²) < 4.78 is 7.01. The van der Waals surface area contributed by atoms with Gasteiger partial charge in [0.05, 0.1) is 12.8 Å². The highest BCUT2D eigenvalue weighted by atomic mass is 16.5. The Kier molecular flexibility index (Phi) is 4.20. The molecule has 0 aliphatic rings. The Morgan fingerprint density at radius 2 is 2.11 bits per heavy atom. The number of anilines is 1.